The third-order valence-corrected chi connectivity index (χ3v) is 3.50. The van der Waals surface area contributed by atoms with Gasteiger partial charge in [-0.3, -0.25) is 0 Å². The Hall–Kier alpha value is -1.15. The molecule has 1 atom stereocenters. The summed E-state index contributed by atoms with van der Waals surface area (Å²) in [6.45, 7) is 2.16. The Bertz CT molecular complexity index is 508. The van der Waals surface area contributed by atoms with Crippen LogP contribution in [0.3, 0.4) is 0 Å². The molecule has 0 saturated heterocycles. The van der Waals surface area contributed by atoms with E-state index < -0.39 is 0 Å². The van der Waals surface area contributed by atoms with E-state index in [1.807, 2.05) is 30.3 Å². The summed E-state index contributed by atoms with van der Waals surface area (Å²) in [6, 6.07) is 15.6. The van der Waals surface area contributed by atoms with E-state index in [9.17, 15) is 4.39 Å². The van der Waals surface area contributed by atoms with Crippen LogP contribution in [0.25, 0.3) is 0 Å². The van der Waals surface area contributed by atoms with Gasteiger partial charge in [-0.25, -0.2) is 4.39 Å². The molecule has 0 fully saturated rings. The summed E-state index contributed by atoms with van der Waals surface area (Å²) in [4.78, 5) is 0. The van der Waals surface area contributed by atoms with Crippen molar-refractivity contribution in [1.29, 1.82) is 0 Å². The van der Waals surface area contributed by atoms with Crippen molar-refractivity contribution in [2.24, 2.45) is 5.92 Å². The Morgan fingerprint density at radius 2 is 1.78 bits per heavy atom. The van der Waals surface area contributed by atoms with E-state index in [0.29, 0.717) is 5.92 Å². The van der Waals surface area contributed by atoms with Gasteiger partial charge in [-0.2, -0.15) is 0 Å². The zero-order valence-corrected chi connectivity index (χ0v) is 12.0. The van der Waals surface area contributed by atoms with Crippen molar-refractivity contribution in [3.63, 3.8) is 0 Å². The van der Waals surface area contributed by atoms with Crippen LogP contribution in [0.4, 0.5) is 4.39 Å². The van der Waals surface area contributed by atoms with Gasteiger partial charge in [0.1, 0.15) is 5.82 Å². The van der Waals surface area contributed by atoms with Gasteiger partial charge in [0, 0.05) is 4.47 Å². The van der Waals surface area contributed by atoms with Crippen LogP contribution in [-0.4, -0.2) is 0 Å². The second-order valence-corrected chi connectivity index (χ2v) is 5.65. The number of hydrogen-bond acceptors (Lipinski definition) is 0. The van der Waals surface area contributed by atoms with Crippen LogP contribution in [0.2, 0.25) is 0 Å². The van der Waals surface area contributed by atoms with E-state index >= 15 is 0 Å². The van der Waals surface area contributed by atoms with Crippen molar-refractivity contribution < 1.29 is 4.39 Å². The quantitative estimate of drug-likeness (QED) is 0.745. The highest BCUT2D eigenvalue weighted by Crippen LogP contribution is 2.20. The van der Waals surface area contributed by atoms with Crippen LogP contribution in [0.1, 0.15) is 18.1 Å². The van der Waals surface area contributed by atoms with Gasteiger partial charge in [0.25, 0.3) is 0 Å². The van der Waals surface area contributed by atoms with Gasteiger partial charge in [-0.1, -0.05) is 59.3 Å². The maximum Gasteiger partial charge on any atom is 0.127 e. The lowest BCUT2D eigenvalue weighted by molar-refractivity contribution is 0.541. The average molecular weight is 307 g/mol. The largest absolute Gasteiger partial charge is 0.207 e. The van der Waals surface area contributed by atoms with E-state index in [1.165, 1.54) is 11.6 Å². The molecule has 2 heteroatoms. The molecule has 0 aliphatic carbocycles. The molecule has 0 bridgehead atoms. The van der Waals surface area contributed by atoms with Gasteiger partial charge in [0.2, 0.25) is 0 Å². The van der Waals surface area contributed by atoms with Crippen LogP contribution < -0.4 is 0 Å². The Morgan fingerprint density at radius 3 is 2.44 bits per heavy atom. The zero-order valence-electron chi connectivity index (χ0n) is 10.4. The summed E-state index contributed by atoms with van der Waals surface area (Å²) < 4.78 is 14.5. The highest BCUT2D eigenvalue weighted by Gasteiger charge is 2.09. The van der Waals surface area contributed by atoms with Gasteiger partial charge < -0.3 is 0 Å². The lowest BCUT2D eigenvalue weighted by Gasteiger charge is -2.12. The molecule has 18 heavy (non-hydrogen) atoms. The van der Waals surface area contributed by atoms with Crippen molar-refractivity contribution in [1.82, 2.24) is 0 Å². The first-order valence-electron chi connectivity index (χ1n) is 6.13. The van der Waals surface area contributed by atoms with Crippen molar-refractivity contribution in [3.05, 3.63) is 69.9 Å². The molecular formula is C16H16BrF. The van der Waals surface area contributed by atoms with E-state index in [0.717, 1.165) is 22.9 Å². The minimum absolute atomic E-state index is 0.121. The van der Waals surface area contributed by atoms with Crippen LogP contribution in [-0.2, 0) is 12.8 Å². The van der Waals surface area contributed by atoms with Gasteiger partial charge in [-0.15, -0.1) is 0 Å². The second kappa shape index (κ2) is 6.14. The summed E-state index contributed by atoms with van der Waals surface area (Å²) >= 11 is 3.28. The van der Waals surface area contributed by atoms with E-state index in [-0.39, 0.29) is 5.82 Å². The van der Waals surface area contributed by atoms with Crippen molar-refractivity contribution in [2.45, 2.75) is 19.8 Å². The van der Waals surface area contributed by atoms with Crippen LogP contribution in [0, 0.1) is 11.7 Å². The molecule has 1 unspecified atom stereocenters. The fourth-order valence-electron chi connectivity index (χ4n) is 2.15. The highest BCUT2D eigenvalue weighted by molar-refractivity contribution is 9.10. The SMILES string of the molecule is CC(Cc1ccccc1)Cc1ccc(Br)cc1F. The maximum atomic E-state index is 13.7. The number of halogens is 2. The number of benzene rings is 2. The van der Waals surface area contributed by atoms with Gasteiger partial charge in [0.05, 0.1) is 0 Å². The molecule has 2 aromatic carbocycles. The van der Waals surface area contributed by atoms with Gasteiger partial charge in [-0.05, 0) is 42.0 Å². The molecule has 0 aliphatic heterocycles. The number of hydrogen-bond donors (Lipinski definition) is 0. The molecule has 0 spiro atoms. The third-order valence-electron chi connectivity index (χ3n) is 3.01. The minimum Gasteiger partial charge on any atom is -0.207 e. The molecular weight excluding hydrogens is 291 g/mol. The Kier molecular flexibility index (Phi) is 4.54. The molecule has 94 valence electrons. The zero-order chi connectivity index (χ0) is 13.0. The standard InChI is InChI=1S/C16H16BrF/c1-12(9-13-5-3-2-4-6-13)10-14-7-8-15(17)11-16(14)18/h2-8,11-12H,9-10H2,1H3. The molecule has 0 heterocycles. The van der Waals surface area contributed by atoms with Crippen molar-refractivity contribution in [3.8, 4) is 0 Å². The summed E-state index contributed by atoms with van der Waals surface area (Å²) in [6.07, 6.45) is 1.75. The smallest absolute Gasteiger partial charge is 0.127 e. The van der Waals surface area contributed by atoms with Crippen LogP contribution >= 0.6 is 15.9 Å². The molecule has 0 N–H and O–H groups in total. The summed E-state index contributed by atoms with van der Waals surface area (Å²) in [5, 5.41) is 0. The molecule has 0 saturated carbocycles. The van der Waals surface area contributed by atoms with Crippen molar-refractivity contribution in [2.75, 3.05) is 0 Å². The topological polar surface area (TPSA) is 0 Å². The van der Waals surface area contributed by atoms with Crippen LogP contribution in [0.5, 0.6) is 0 Å². The Labute approximate surface area is 116 Å². The normalized spacial score (nSPS) is 12.4. The molecule has 0 aliphatic rings. The summed E-state index contributed by atoms with van der Waals surface area (Å²) in [5.74, 6) is 0.312. The molecule has 0 radical (unpaired) electrons. The average Bonchev–Trinajstić information content (AvgIpc) is 2.34. The van der Waals surface area contributed by atoms with Crippen molar-refractivity contribution >= 4 is 15.9 Å². The first-order valence-corrected chi connectivity index (χ1v) is 6.92. The number of rotatable bonds is 4. The van der Waals surface area contributed by atoms with E-state index in [4.69, 9.17) is 0 Å². The molecule has 0 aromatic heterocycles. The second-order valence-electron chi connectivity index (χ2n) is 4.73. The monoisotopic (exact) mass is 306 g/mol. The predicted molar refractivity (Wildman–Crippen MR) is 77.1 cm³/mol. The predicted octanol–water partition coefficient (Wildman–Crippen LogP) is 5.01. The lowest BCUT2D eigenvalue weighted by Crippen LogP contribution is -2.05. The third kappa shape index (κ3) is 3.67. The van der Waals surface area contributed by atoms with E-state index in [2.05, 4.69) is 35.0 Å². The maximum absolute atomic E-state index is 13.7. The van der Waals surface area contributed by atoms with Crippen LogP contribution in [0.15, 0.2) is 53.0 Å². The fourth-order valence-corrected chi connectivity index (χ4v) is 2.48. The molecule has 0 nitrogen and oxygen atoms in total. The molecule has 2 aromatic rings. The highest BCUT2D eigenvalue weighted by atomic mass is 79.9. The first-order chi connectivity index (χ1) is 8.65. The van der Waals surface area contributed by atoms with Gasteiger partial charge >= 0.3 is 0 Å². The Morgan fingerprint density at radius 1 is 1.06 bits per heavy atom. The minimum atomic E-state index is -0.121. The Balaban J connectivity index is 2.01. The summed E-state index contributed by atoms with van der Waals surface area (Å²) in [5.41, 5.74) is 2.10. The summed E-state index contributed by atoms with van der Waals surface area (Å²) in [7, 11) is 0. The molecule has 0 amide bonds. The van der Waals surface area contributed by atoms with E-state index in [1.54, 1.807) is 0 Å². The fraction of sp³-hybridized carbons (Fsp3) is 0.250. The van der Waals surface area contributed by atoms with Gasteiger partial charge in [0.15, 0.2) is 0 Å². The molecule has 2 rings (SSSR count). The first kappa shape index (κ1) is 13.3. The lowest BCUT2D eigenvalue weighted by atomic mass is 9.94.